The number of ether oxygens (including phenoxy) is 1. The molecule has 0 aliphatic rings. The molecule has 0 bridgehead atoms. The highest BCUT2D eigenvalue weighted by Gasteiger charge is 2.19. The van der Waals surface area contributed by atoms with Gasteiger partial charge in [-0.2, -0.15) is 0 Å². The maximum absolute atomic E-state index is 12.4. The van der Waals surface area contributed by atoms with Gasteiger partial charge in [-0.25, -0.2) is 0 Å². The fraction of sp³-hybridized carbons (Fsp3) is 0.556. The highest BCUT2D eigenvalue weighted by atomic mass is 16.5. The van der Waals surface area contributed by atoms with Gasteiger partial charge in [-0.3, -0.25) is 9.59 Å². The number of carbonyl (C=O) groups excluding carboxylic acids is 2. The Hall–Kier alpha value is -1.88. The summed E-state index contributed by atoms with van der Waals surface area (Å²) in [5.74, 6) is 0.278. The van der Waals surface area contributed by atoms with Crippen molar-refractivity contribution in [3.05, 3.63) is 35.9 Å². The van der Waals surface area contributed by atoms with Crippen LogP contribution in [0, 0.1) is 5.92 Å². The van der Waals surface area contributed by atoms with Crippen LogP contribution in [0.4, 0.5) is 0 Å². The second-order valence-corrected chi connectivity index (χ2v) is 6.17. The summed E-state index contributed by atoms with van der Waals surface area (Å²) in [6.45, 7) is 7.79. The van der Waals surface area contributed by atoms with Crippen LogP contribution in [-0.4, -0.2) is 49.6 Å². The molecule has 1 atom stereocenters. The summed E-state index contributed by atoms with van der Waals surface area (Å²) in [5.41, 5.74) is 0.602. The number of hydrogen-bond acceptors (Lipinski definition) is 3. The van der Waals surface area contributed by atoms with E-state index in [0.29, 0.717) is 31.2 Å². The summed E-state index contributed by atoms with van der Waals surface area (Å²) in [5, 5.41) is 2.87. The molecule has 1 N–H and O–H groups in total. The van der Waals surface area contributed by atoms with Gasteiger partial charge in [0, 0.05) is 38.2 Å². The number of methoxy groups -OCH3 is 1. The van der Waals surface area contributed by atoms with E-state index in [-0.39, 0.29) is 24.3 Å². The first-order valence-electron chi connectivity index (χ1n) is 8.06. The fourth-order valence-corrected chi connectivity index (χ4v) is 2.30. The van der Waals surface area contributed by atoms with Gasteiger partial charge in [0.1, 0.15) is 0 Å². The molecular formula is C18H28N2O3. The molecule has 5 heteroatoms. The summed E-state index contributed by atoms with van der Waals surface area (Å²) in [4.78, 5) is 26.3. The van der Waals surface area contributed by atoms with Crippen LogP contribution in [0.1, 0.15) is 37.6 Å². The second kappa shape index (κ2) is 10.0. The van der Waals surface area contributed by atoms with Crippen LogP contribution in [-0.2, 0) is 9.53 Å². The summed E-state index contributed by atoms with van der Waals surface area (Å²) in [6.07, 6.45) is 0.287. The molecule has 128 valence electrons. The number of hydrogen-bond donors (Lipinski definition) is 1. The Morgan fingerprint density at radius 3 is 2.39 bits per heavy atom. The Labute approximate surface area is 139 Å². The average molecular weight is 320 g/mol. The minimum atomic E-state index is -0.215. The lowest BCUT2D eigenvalue weighted by Crippen LogP contribution is -2.41. The predicted octanol–water partition coefficient (Wildman–Crippen LogP) is 2.33. The first-order chi connectivity index (χ1) is 10.9. The van der Waals surface area contributed by atoms with Crippen molar-refractivity contribution in [1.82, 2.24) is 10.2 Å². The first kappa shape index (κ1) is 19.2. The Bertz CT molecular complexity index is 488. The Morgan fingerprint density at radius 2 is 1.83 bits per heavy atom. The van der Waals surface area contributed by atoms with Crippen molar-refractivity contribution >= 4 is 11.8 Å². The van der Waals surface area contributed by atoms with Crippen LogP contribution < -0.4 is 5.32 Å². The van der Waals surface area contributed by atoms with Gasteiger partial charge in [-0.1, -0.05) is 32.0 Å². The summed E-state index contributed by atoms with van der Waals surface area (Å²) in [6, 6.07) is 8.80. The maximum Gasteiger partial charge on any atom is 0.251 e. The van der Waals surface area contributed by atoms with Crippen molar-refractivity contribution in [1.29, 1.82) is 0 Å². The Kier molecular flexibility index (Phi) is 8.33. The van der Waals surface area contributed by atoms with E-state index in [1.807, 2.05) is 25.1 Å². The zero-order chi connectivity index (χ0) is 17.2. The number of benzene rings is 1. The van der Waals surface area contributed by atoms with Gasteiger partial charge in [0.25, 0.3) is 5.91 Å². The van der Waals surface area contributed by atoms with Crippen LogP contribution in [0.5, 0.6) is 0 Å². The van der Waals surface area contributed by atoms with E-state index in [1.54, 1.807) is 24.1 Å². The van der Waals surface area contributed by atoms with Crippen LogP contribution in [0.3, 0.4) is 0 Å². The standard InChI is InChI=1S/C18H28N2O3/c1-14(2)13-20(10-11-23-4)17(21)12-15(3)19-18(22)16-8-6-5-7-9-16/h5-9,14-15H,10-13H2,1-4H3,(H,19,22). The Morgan fingerprint density at radius 1 is 1.17 bits per heavy atom. The highest BCUT2D eigenvalue weighted by molar-refractivity contribution is 5.94. The van der Waals surface area contributed by atoms with Crippen molar-refractivity contribution < 1.29 is 14.3 Å². The second-order valence-electron chi connectivity index (χ2n) is 6.17. The van der Waals surface area contributed by atoms with Gasteiger partial charge >= 0.3 is 0 Å². The molecule has 1 unspecified atom stereocenters. The first-order valence-corrected chi connectivity index (χ1v) is 8.06. The van der Waals surface area contributed by atoms with Crippen LogP contribution in [0.25, 0.3) is 0 Å². The van der Waals surface area contributed by atoms with Crippen molar-refractivity contribution in [2.45, 2.75) is 33.2 Å². The molecule has 1 rings (SSSR count). The molecule has 5 nitrogen and oxygen atoms in total. The molecule has 0 aromatic heterocycles. The third-order valence-electron chi connectivity index (χ3n) is 3.40. The maximum atomic E-state index is 12.4. The van der Waals surface area contributed by atoms with Gasteiger partial charge in [-0.05, 0) is 25.0 Å². The zero-order valence-corrected chi connectivity index (χ0v) is 14.5. The molecule has 0 heterocycles. The van der Waals surface area contributed by atoms with Gasteiger partial charge in [0.05, 0.1) is 6.61 Å². The number of carbonyl (C=O) groups is 2. The summed E-state index contributed by atoms with van der Waals surface area (Å²) < 4.78 is 5.07. The van der Waals surface area contributed by atoms with Gasteiger partial charge in [0.15, 0.2) is 0 Å². The molecule has 1 aromatic carbocycles. The lowest BCUT2D eigenvalue weighted by molar-refractivity contribution is -0.132. The van der Waals surface area contributed by atoms with Gasteiger partial charge in [-0.15, -0.1) is 0 Å². The molecule has 0 saturated heterocycles. The molecule has 0 saturated carbocycles. The molecule has 0 radical (unpaired) electrons. The predicted molar refractivity (Wildman–Crippen MR) is 91.3 cm³/mol. The number of amides is 2. The monoisotopic (exact) mass is 320 g/mol. The van der Waals surface area contributed by atoms with E-state index in [1.165, 1.54) is 0 Å². The van der Waals surface area contributed by atoms with Crippen molar-refractivity contribution in [3.63, 3.8) is 0 Å². The molecule has 0 fully saturated rings. The molecule has 2 amide bonds. The third-order valence-corrected chi connectivity index (χ3v) is 3.40. The SMILES string of the molecule is COCCN(CC(C)C)C(=O)CC(C)NC(=O)c1ccccc1. The summed E-state index contributed by atoms with van der Waals surface area (Å²) >= 11 is 0. The molecule has 0 aliphatic carbocycles. The summed E-state index contributed by atoms with van der Waals surface area (Å²) in [7, 11) is 1.63. The largest absolute Gasteiger partial charge is 0.383 e. The van der Waals surface area contributed by atoms with Crippen LogP contribution in [0.15, 0.2) is 30.3 Å². The fourth-order valence-electron chi connectivity index (χ4n) is 2.30. The number of nitrogens with zero attached hydrogens (tertiary/aromatic N) is 1. The van der Waals surface area contributed by atoms with E-state index in [9.17, 15) is 9.59 Å². The normalized spacial score (nSPS) is 12.0. The van der Waals surface area contributed by atoms with E-state index in [2.05, 4.69) is 19.2 Å². The van der Waals surface area contributed by atoms with Gasteiger partial charge < -0.3 is 15.0 Å². The molecule has 23 heavy (non-hydrogen) atoms. The van der Waals surface area contributed by atoms with Crippen LogP contribution >= 0.6 is 0 Å². The number of rotatable bonds is 9. The van der Waals surface area contributed by atoms with Crippen molar-refractivity contribution in [2.75, 3.05) is 26.8 Å². The molecule has 0 aliphatic heterocycles. The minimum Gasteiger partial charge on any atom is -0.383 e. The van der Waals surface area contributed by atoms with E-state index >= 15 is 0 Å². The number of nitrogens with one attached hydrogen (secondary N) is 1. The smallest absolute Gasteiger partial charge is 0.251 e. The van der Waals surface area contributed by atoms with E-state index in [0.717, 1.165) is 0 Å². The highest BCUT2D eigenvalue weighted by Crippen LogP contribution is 2.05. The average Bonchev–Trinajstić information content (AvgIpc) is 2.51. The van der Waals surface area contributed by atoms with E-state index in [4.69, 9.17) is 4.74 Å². The quantitative estimate of drug-likeness (QED) is 0.760. The Balaban J connectivity index is 2.54. The third kappa shape index (κ3) is 7.28. The molecular weight excluding hydrogens is 292 g/mol. The minimum absolute atomic E-state index is 0.0385. The topological polar surface area (TPSA) is 58.6 Å². The lowest BCUT2D eigenvalue weighted by Gasteiger charge is -2.26. The molecule has 0 spiro atoms. The van der Waals surface area contributed by atoms with Crippen molar-refractivity contribution in [2.24, 2.45) is 5.92 Å². The van der Waals surface area contributed by atoms with E-state index < -0.39 is 0 Å². The van der Waals surface area contributed by atoms with Crippen molar-refractivity contribution in [3.8, 4) is 0 Å². The van der Waals surface area contributed by atoms with Gasteiger partial charge in [0.2, 0.25) is 5.91 Å². The zero-order valence-electron chi connectivity index (χ0n) is 14.5. The lowest BCUT2D eigenvalue weighted by atomic mass is 10.1. The van der Waals surface area contributed by atoms with Crippen LogP contribution in [0.2, 0.25) is 0 Å². The molecule has 1 aromatic rings.